The van der Waals surface area contributed by atoms with Crippen molar-refractivity contribution in [1.82, 2.24) is 4.90 Å². The van der Waals surface area contributed by atoms with Gasteiger partial charge in [0.2, 0.25) is 0 Å². The maximum absolute atomic E-state index is 11.8. The SMILES string of the molecule is COC(=O)[C@@H]1CCCN1C(=O)[C@H](N)C[Se]. The molecule has 0 aromatic heterocycles. The summed E-state index contributed by atoms with van der Waals surface area (Å²) in [6.07, 6.45) is 1.49. The van der Waals surface area contributed by atoms with E-state index in [4.69, 9.17) is 5.73 Å². The van der Waals surface area contributed by atoms with Gasteiger partial charge in [0.1, 0.15) is 0 Å². The van der Waals surface area contributed by atoms with Gasteiger partial charge in [-0.25, -0.2) is 0 Å². The van der Waals surface area contributed by atoms with Crippen LogP contribution in [0.15, 0.2) is 0 Å². The molecule has 5 nitrogen and oxygen atoms in total. The minimum absolute atomic E-state index is 0.179. The van der Waals surface area contributed by atoms with Gasteiger partial charge >= 0.3 is 96.7 Å². The van der Waals surface area contributed by atoms with Gasteiger partial charge < -0.3 is 0 Å². The molecule has 6 heteroatoms. The molecule has 1 radical (unpaired) electrons. The number of hydrogen-bond acceptors (Lipinski definition) is 4. The molecule has 1 amide bonds. The third-order valence-corrected chi connectivity index (χ3v) is 3.26. The van der Waals surface area contributed by atoms with Gasteiger partial charge in [-0.15, -0.1) is 0 Å². The second-order valence-electron chi connectivity index (χ2n) is 3.49. The molecule has 0 bridgehead atoms. The Bertz CT molecular complexity index is 260. The Morgan fingerprint density at radius 1 is 1.67 bits per heavy atom. The zero-order chi connectivity index (χ0) is 11.4. The van der Waals surface area contributed by atoms with Gasteiger partial charge in [0, 0.05) is 0 Å². The fourth-order valence-electron chi connectivity index (χ4n) is 1.70. The molecule has 2 N–H and O–H groups in total. The molecule has 0 aliphatic carbocycles. The molecule has 0 aromatic rings. The van der Waals surface area contributed by atoms with Crippen molar-refractivity contribution in [2.24, 2.45) is 5.73 Å². The molecular weight excluding hydrogens is 263 g/mol. The number of carbonyl (C=O) groups excluding carboxylic acids is 2. The molecule has 2 atom stereocenters. The average molecular weight is 278 g/mol. The maximum atomic E-state index is 11.8. The number of methoxy groups -OCH3 is 1. The van der Waals surface area contributed by atoms with Gasteiger partial charge in [0.15, 0.2) is 0 Å². The summed E-state index contributed by atoms with van der Waals surface area (Å²) in [5.74, 6) is -0.533. The van der Waals surface area contributed by atoms with Crippen LogP contribution < -0.4 is 5.73 Å². The Morgan fingerprint density at radius 2 is 2.33 bits per heavy atom. The summed E-state index contributed by atoms with van der Waals surface area (Å²) in [4.78, 5) is 24.7. The van der Waals surface area contributed by atoms with Crippen LogP contribution in [0.3, 0.4) is 0 Å². The summed E-state index contributed by atoms with van der Waals surface area (Å²) in [6, 6.07) is -1.00. The summed E-state index contributed by atoms with van der Waals surface area (Å²) in [6.45, 7) is 0.590. The van der Waals surface area contributed by atoms with E-state index in [1.807, 2.05) is 0 Å². The van der Waals surface area contributed by atoms with Crippen LogP contribution in [0.4, 0.5) is 0 Å². The fourth-order valence-corrected chi connectivity index (χ4v) is 1.99. The summed E-state index contributed by atoms with van der Waals surface area (Å²) in [7, 11) is 1.33. The average Bonchev–Trinajstić information content (AvgIpc) is 2.74. The van der Waals surface area contributed by atoms with Crippen LogP contribution in [-0.2, 0) is 14.3 Å². The van der Waals surface area contributed by atoms with Crippen LogP contribution in [0, 0.1) is 0 Å². The first kappa shape index (κ1) is 12.5. The van der Waals surface area contributed by atoms with Crippen molar-refractivity contribution in [3.05, 3.63) is 0 Å². The van der Waals surface area contributed by atoms with Gasteiger partial charge in [-0.1, -0.05) is 0 Å². The molecule has 15 heavy (non-hydrogen) atoms. The van der Waals surface area contributed by atoms with Gasteiger partial charge in [-0.05, 0) is 0 Å². The number of ether oxygens (including phenoxy) is 1. The topological polar surface area (TPSA) is 72.6 Å². The van der Waals surface area contributed by atoms with Crippen molar-refractivity contribution in [2.75, 3.05) is 13.7 Å². The summed E-state index contributed by atoms with van der Waals surface area (Å²) < 4.78 is 4.65. The van der Waals surface area contributed by atoms with E-state index >= 15 is 0 Å². The number of nitrogens with two attached hydrogens (primary N) is 1. The van der Waals surface area contributed by atoms with Crippen LogP contribution in [-0.4, -0.2) is 58.5 Å². The predicted octanol–water partition coefficient (Wildman–Crippen LogP) is -0.935. The van der Waals surface area contributed by atoms with Crippen LogP contribution >= 0.6 is 0 Å². The quantitative estimate of drug-likeness (QED) is 0.534. The second kappa shape index (κ2) is 5.49. The third kappa shape index (κ3) is 2.71. The van der Waals surface area contributed by atoms with E-state index in [9.17, 15) is 9.59 Å². The van der Waals surface area contributed by atoms with Gasteiger partial charge in [0.05, 0.1) is 0 Å². The molecule has 0 saturated carbocycles. The number of likely N-dealkylation sites (tertiary alicyclic amines) is 1. The Labute approximate surface area is 97.1 Å². The predicted molar refractivity (Wildman–Crippen MR) is 55.3 cm³/mol. The van der Waals surface area contributed by atoms with E-state index in [0.717, 1.165) is 6.42 Å². The molecule has 0 spiro atoms. The molecule has 1 fully saturated rings. The third-order valence-electron chi connectivity index (χ3n) is 2.51. The van der Waals surface area contributed by atoms with Crippen molar-refractivity contribution >= 4 is 27.9 Å². The van der Waals surface area contributed by atoms with E-state index in [2.05, 4.69) is 20.7 Å². The fraction of sp³-hybridized carbons (Fsp3) is 0.778. The number of nitrogens with zero attached hydrogens (tertiary/aromatic N) is 1. The number of carbonyl (C=O) groups is 2. The van der Waals surface area contributed by atoms with Gasteiger partial charge in [-0.3, -0.25) is 0 Å². The molecule has 1 aliphatic rings. The number of esters is 1. The van der Waals surface area contributed by atoms with E-state index in [1.54, 1.807) is 0 Å². The number of hydrogen-bond donors (Lipinski definition) is 1. The van der Waals surface area contributed by atoms with E-state index in [-0.39, 0.29) is 11.9 Å². The first-order valence-electron chi connectivity index (χ1n) is 4.83. The van der Waals surface area contributed by atoms with Crippen molar-refractivity contribution in [2.45, 2.75) is 30.2 Å². The van der Waals surface area contributed by atoms with Crippen LogP contribution in [0.1, 0.15) is 12.8 Å². The molecule has 0 unspecified atom stereocenters. The van der Waals surface area contributed by atoms with Crippen molar-refractivity contribution in [1.29, 1.82) is 0 Å². The number of amides is 1. The number of rotatable bonds is 3. The summed E-state index contributed by atoms with van der Waals surface area (Å²) in [5, 5.41) is 0.462. The normalized spacial score (nSPS) is 22.6. The Kier molecular flexibility index (Phi) is 4.57. The first-order valence-corrected chi connectivity index (χ1v) is 6.05. The minimum atomic E-state index is -0.560. The monoisotopic (exact) mass is 279 g/mol. The standard InChI is InChI=1S/C9H15N2O3Se/c1-14-9(13)7-3-2-4-11(7)8(12)6(10)5-15/h6-7H,2-5,10H2,1H3/t6-,7+/m1/s1. The molecule has 85 valence electrons. The van der Waals surface area contributed by atoms with E-state index in [0.29, 0.717) is 18.3 Å². The Balaban J connectivity index is 2.68. The Hall–Kier alpha value is -0.581. The molecule has 1 aliphatic heterocycles. The van der Waals surface area contributed by atoms with Gasteiger partial charge in [0.25, 0.3) is 0 Å². The molecule has 0 aromatic carbocycles. The Morgan fingerprint density at radius 3 is 2.87 bits per heavy atom. The summed E-state index contributed by atoms with van der Waals surface area (Å²) >= 11 is 2.72. The molecular formula is C9H15N2O3Se. The van der Waals surface area contributed by atoms with Crippen LogP contribution in [0.5, 0.6) is 0 Å². The van der Waals surface area contributed by atoms with Crippen LogP contribution in [0.25, 0.3) is 0 Å². The summed E-state index contributed by atoms with van der Waals surface area (Å²) in [5.41, 5.74) is 5.63. The van der Waals surface area contributed by atoms with Crippen LogP contribution in [0.2, 0.25) is 5.32 Å². The molecule has 1 saturated heterocycles. The van der Waals surface area contributed by atoms with Crippen molar-refractivity contribution < 1.29 is 14.3 Å². The molecule has 1 heterocycles. The van der Waals surface area contributed by atoms with Gasteiger partial charge in [-0.2, -0.15) is 0 Å². The van der Waals surface area contributed by atoms with Crippen molar-refractivity contribution in [3.63, 3.8) is 0 Å². The zero-order valence-corrected chi connectivity index (χ0v) is 10.4. The van der Waals surface area contributed by atoms with Crippen molar-refractivity contribution in [3.8, 4) is 0 Å². The molecule has 1 rings (SSSR count). The second-order valence-corrected chi connectivity index (χ2v) is 4.19. The zero-order valence-electron chi connectivity index (χ0n) is 8.64. The first-order chi connectivity index (χ1) is 7.11. The van der Waals surface area contributed by atoms with E-state index < -0.39 is 12.1 Å². The van der Waals surface area contributed by atoms with E-state index in [1.165, 1.54) is 12.0 Å².